The second-order valence-electron chi connectivity index (χ2n) is 6.84. The molecule has 9 heteroatoms. The molecule has 1 aromatic heterocycles. The van der Waals surface area contributed by atoms with E-state index in [-0.39, 0.29) is 24.0 Å². The van der Waals surface area contributed by atoms with Crippen molar-refractivity contribution in [3.05, 3.63) is 47.4 Å². The Balaban J connectivity index is 0.00000280. The first-order valence-corrected chi connectivity index (χ1v) is 9.09. The van der Waals surface area contributed by atoms with Gasteiger partial charge in [-0.05, 0) is 18.1 Å². The number of aliphatic imine (C=N–C) groups is 1. The van der Waals surface area contributed by atoms with Gasteiger partial charge in [0, 0.05) is 45.4 Å². The van der Waals surface area contributed by atoms with Crippen LogP contribution in [-0.2, 0) is 6.54 Å². The highest BCUT2D eigenvalue weighted by Gasteiger charge is 2.22. The molecule has 0 atom stereocenters. The zero-order chi connectivity index (χ0) is 19.4. The minimum absolute atomic E-state index is 0. The van der Waals surface area contributed by atoms with Crippen molar-refractivity contribution in [1.29, 1.82) is 0 Å². The topological polar surface area (TPSA) is 56.9 Å². The van der Waals surface area contributed by atoms with Crippen molar-refractivity contribution in [2.24, 2.45) is 4.99 Å². The predicted octanol–water partition coefficient (Wildman–Crippen LogP) is 3.59. The molecule has 1 aliphatic rings. The molecule has 0 unspecified atom stereocenters. The van der Waals surface area contributed by atoms with Crippen LogP contribution in [0, 0.1) is 11.6 Å². The lowest BCUT2D eigenvalue weighted by molar-refractivity contribution is 0.354. The van der Waals surface area contributed by atoms with Gasteiger partial charge in [0.05, 0.1) is 17.9 Å². The molecular formula is C19H26F2IN5O. The molecule has 1 N–H and O–H groups in total. The quantitative estimate of drug-likeness (QED) is 0.391. The number of rotatable bonds is 4. The summed E-state index contributed by atoms with van der Waals surface area (Å²) in [6.07, 6.45) is 0. The average molecular weight is 505 g/mol. The van der Waals surface area contributed by atoms with Crippen molar-refractivity contribution in [2.75, 3.05) is 38.1 Å². The van der Waals surface area contributed by atoms with Crippen molar-refractivity contribution < 1.29 is 13.3 Å². The summed E-state index contributed by atoms with van der Waals surface area (Å²) in [5.74, 6) is 0.980. The van der Waals surface area contributed by atoms with Crippen LogP contribution in [0.2, 0.25) is 0 Å². The number of guanidine groups is 1. The van der Waals surface area contributed by atoms with Crippen molar-refractivity contribution in [1.82, 2.24) is 15.4 Å². The number of nitrogens with one attached hydrogen (secondary N) is 1. The maximum atomic E-state index is 14.0. The van der Waals surface area contributed by atoms with Gasteiger partial charge in [0.1, 0.15) is 11.6 Å². The minimum atomic E-state index is -0.431. The van der Waals surface area contributed by atoms with Gasteiger partial charge in [-0.15, -0.1) is 24.0 Å². The fourth-order valence-corrected chi connectivity index (χ4v) is 3.07. The zero-order valence-corrected chi connectivity index (χ0v) is 18.6. The number of hydrogen-bond acceptors (Lipinski definition) is 4. The molecule has 0 amide bonds. The Hall–Kier alpha value is -1.91. The van der Waals surface area contributed by atoms with Gasteiger partial charge < -0.3 is 19.6 Å². The van der Waals surface area contributed by atoms with Crippen molar-refractivity contribution in [2.45, 2.75) is 26.3 Å². The monoisotopic (exact) mass is 505 g/mol. The van der Waals surface area contributed by atoms with Gasteiger partial charge in [-0.3, -0.25) is 4.99 Å². The molecule has 0 spiro atoms. The van der Waals surface area contributed by atoms with E-state index in [9.17, 15) is 8.78 Å². The molecule has 28 heavy (non-hydrogen) atoms. The van der Waals surface area contributed by atoms with E-state index in [0.717, 1.165) is 23.5 Å². The largest absolute Gasteiger partial charge is 0.366 e. The van der Waals surface area contributed by atoms with Crippen LogP contribution in [0.1, 0.15) is 31.2 Å². The lowest BCUT2D eigenvalue weighted by atomic mass is 10.1. The lowest BCUT2D eigenvalue weighted by Gasteiger charge is -2.37. The second-order valence-corrected chi connectivity index (χ2v) is 6.84. The van der Waals surface area contributed by atoms with Crippen LogP contribution in [0.15, 0.2) is 33.8 Å². The van der Waals surface area contributed by atoms with Gasteiger partial charge in [-0.25, -0.2) is 8.78 Å². The summed E-state index contributed by atoms with van der Waals surface area (Å²) in [5, 5.41) is 7.32. The van der Waals surface area contributed by atoms with Gasteiger partial charge in [-0.2, -0.15) is 0 Å². The third-order valence-corrected chi connectivity index (χ3v) is 4.63. The number of anilines is 1. The molecule has 3 rings (SSSR count). The highest BCUT2D eigenvalue weighted by Crippen LogP contribution is 2.22. The Morgan fingerprint density at radius 1 is 1.21 bits per heavy atom. The number of benzene rings is 1. The van der Waals surface area contributed by atoms with Crippen LogP contribution < -0.4 is 10.2 Å². The summed E-state index contributed by atoms with van der Waals surface area (Å²) in [6.45, 7) is 7.10. The SMILES string of the molecule is CN=C(NCc1cc(C(C)C)no1)N1CCN(c2cc(F)ccc2F)CC1.I. The minimum Gasteiger partial charge on any atom is -0.366 e. The maximum absolute atomic E-state index is 14.0. The molecule has 2 heterocycles. The molecule has 6 nitrogen and oxygen atoms in total. The van der Waals surface area contributed by atoms with Crippen molar-refractivity contribution in [3.63, 3.8) is 0 Å². The van der Waals surface area contributed by atoms with Gasteiger partial charge in [0.15, 0.2) is 11.7 Å². The van der Waals surface area contributed by atoms with Crippen LogP contribution in [0.25, 0.3) is 0 Å². The zero-order valence-electron chi connectivity index (χ0n) is 16.3. The predicted molar refractivity (Wildman–Crippen MR) is 116 cm³/mol. The summed E-state index contributed by atoms with van der Waals surface area (Å²) in [7, 11) is 1.72. The normalized spacial score (nSPS) is 15.0. The van der Waals surface area contributed by atoms with E-state index in [2.05, 4.69) is 34.2 Å². The van der Waals surface area contributed by atoms with Crippen LogP contribution in [0.4, 0.5) is 14.5 Å². The average Bonchev–Trinajstić information content (AvgIpc) is 3.14. The standard InChI is InChI=1S/C19H25F2N5O.HI/c1-13(2)17-11-15(27-24-17)12-23-19(22-3)26-8-6-25(7-9-26)18-10-14(20)4-5-16(18)21;/h4-5,10-11,13H,6-9,12H2,1-3H3,(H,22,23);1H. The number of piperazine rings is 1. The molecule has 1 fully saturated rings. The van der Waals surface area contributed by atoms with Crippen LogP contribution in [0.5, 0.6) is 0 Å². The van der Waals surface area contributed by atoms with Crippen molar-refractivity contribution >= 4 is 35.6 Å². The van der Waals surface area contributed by atoms with E-state index in [1.165, 1.54) is 12.1 Å². The Labute approximate surface area is 181 Å². The first-order chi connectivity index (χ1) is 13.0. The van der Waals surface area contributed by atoms with Gasteiger partial charge in [-0.1, -0.05) is 19.0 Å². The molecule has 0 radical (unpaired) electrons. The van der Waals surface area contributed by atoms with E-state index < -0.39 is 11.6 Å². The van der Waals surface area contributed by atoms with E-state index in [1.54, 1.807) is 7.05 Å². The molecule has 0 aliphatic carbocycles. The van der Waals surface area contributed by atoms with E-state index in [4.69, 9.17) is 4.52 Å². The third kappa shape index (κ3) is 5.33. The Morgan fingerprint density at radius 3 is 2.54 bits per heavy atom. The number of nitrogens with zero attached hydrogens (tertiary/aromatic N) is 4. The molecule has 1 aromatic carbocycles. The Kier molecular flexibility index (Phi) is 8.02. The highest BCUT2D eigenvalue weighted by molar-refractivity contribution is 14.0. The molecule has 1 saturated heterocycles. The number of halogens is 3. The van der Waals surface area contributed by atoms with E-state index >= 15 is 0 Å². The summed E-state index contributed by atoms with van der Waals surface area (Å²) in [4.78, 5) is 8.26. The van der Waals surface area contributed by atoms with E-state index in [0.29, 0.717) is 44.3 Å². The van der Waals surface area contributed by atoms with Gasteiger partial charge in [0.25, 0.3) is 0 Å². The Morgan fingerprint density at radius 2 is 1.93 bits per heavy atom. The molecule has 0 saturated carbocycles. The van der Waals surface area contributed by atoms with Crippen LogP contribution in [-0.4, -0.2) is 49.2 Å². The molecule has 154 valence electrons. The van der Waals surface area contributed by atoms with Crippen LogP contribution in [0.3, 0.4) is 0 Å². The third-order valence-electron chi connectivity index (χ3n) is 4.63. The lowest BCUT2D eigenvalue weighted by Crippen LogP contribution is -2.52. The van der Waals surface area contributed by atoms with Gasteiger partial charge in [0.2, 0.25) is 0 Å². The maximum Gasteiger partial charge on any atom is 0.194 e. The first-order valence-electron chi connectivity index (χ1n) is 9.09. The first kappa shape index (κ1) is 22.4. The Bertz CT molecular complexity index is 803. The second kappa shape index (κ2) is 10.0. The van der Waals surface area contributed by atoms with Crippen molar-refractivity contribution in [3.8, 4) is 0 Å². The fraction of sp³-hybridized carbons (Fsp3) is 0.474. The number of aromatic nitrogens is 1. The summed E-state index contributed by atoms with van der Waals surface area (Å²) in [5.41, 5.74) is 1.23. The van der Waals surface area contributed by atoms with E-state index in [1.807, 2.05) is 11.0 Å². The molecule has 0 bridgehead atoms. The fourth-order valence-electron chi connectivity index (χ4n) is 3.07. The van der Waals surface area contributed by atoms with Crippen LogP contribution >= 0.6 is 24.0 Å². The smallest absolute Gasteiger partial charge is 0.194 e. The summed E-state index contributed by atoms with van der Waals surface area (Å²) < 4.78 is 32.7. The van der Waals surface area contributed by atoms with Gasteiger partial charge >= 0.3 is 0 Å². The summed E-state index contributed by atoms with van der Waals surface area (Å²) >= 11 is 0. The summed E-state index contributed by atoms with van der Waals surface area (Å²) in [6, 6.07) is 5.49. The molecular weight excluding hydrogens is 479 g/mol. The highest BCUT2D eigenvalue weighted by atomic mass is 127. The molecule has 2 aromatic rings. The molecule has 1 aliphatic heterocycles. The number of hydrogen-bond donors (Lipinski definition) is 1.